The number of nitrogens with one attached hydrogen (secondary N) is 1. The van der Waals surface area contributed by atoms with Crippen molar-refractivity contribution in [3.05, 3.63) is 12.3 Å². The lowest BCUT2D eigenvalue weighted by atomic mass is 10.1. The van der Waals surface area contributed by atoms with E-state index < -0.39 is 0 Å². The summed E-state index contributed by atoms with van der Waals surface area (Å²) >= 11 is 1.60. The third-order valence-electron chi connectivity index (χ3n) is 4.59. The van der Waals surface area contributed by atoms with Crippen LogP contribution in [0.1, 0.15) is 12.8 Å². The summed E-state index contributed by atoms with van der Waals surface area (Å²) in [6.07, 6.45) is 6.24. The minimum absolute atomic E-state index is 0.633. The Balaban J connectivity index is 1.38. The molecule has 0 atom stereocenters. The fourth-order valence-electron chi connectivity index (χ4n) is 3.17. The van der Waals surface area contributed by atoms with Gasteiger partial charge in [-0.1, -0.05) is 11.8 Å². The highest BCUT2D eigenvalue weighted by atomic mass is 32.2. The van der Waals surface area contributed by atoms with Crippen LogP contribution in [-0.2, 0) is 4.74 Å². The Bertz CT molecular complexity index is 475. The van der Waals surface area contributed by atoms with Crippen molar-refractivity contribution in [2.24, 2.45) is 0 Å². The molecule has 2 aliphatic rings. The lowest BCUT2D eigenvalue weighted by molar-refractivity contribution is 0.0380. The number of piperidine rings is 1. The molecule has 23 heavy (non-hydrogen) atoms. The molecule has 2 saturated heterocycles. The normalized spacial score (nSPS) is 20.8. The zero-order valence-corrected chi connectivity index (χ0v) is 14.7. The Morgan fingerprint density at radius 2 is 2.04 bits per heavy atom. The topological polar surface area (TPSA) is 53.5 Å². The standard InChI is InChI=1S/C16H27N5OS/c1-23-16-18-5-2-15(19-16)21-7-3-14(4-8-21)17-6-9-20-10-12-22-13-11-20/h2,5,14,17H,3-4,6-13H2,1H3. The van der Waals surface area contributed by atoms with Gasteiger partial charge >= 0.3 is 0 Å². The predicted molar refractivity (Wildman–Crippen MR) is 94.3 cm³/mol. The van der Waals surface area contributed by atoms with Crippen LogP contribution in [0.3, 0.4) is 0 Å². The van der Waals surface area contributed by atoms with Gasteiger partial charge in [-0.25, -0.2) is 9.97 Å². The number of ether oxygens (including phenoxy) is 1. The van der Waals surface area contributed by atoms with E-state index in [2.05, 4.69) is 25.1 Å². The molecule has 1 aromatic rings. The minimum Gasteiger partial charge on any atom is -0.379 e. The van der Waals surface area contributed by atoms with Gasteiger partial charge in [-0.05, 0) is 25.2 Å². The summed E-state index contributed by atoms with van der Waals surface area (Å²) in [5.41, 5.74) is 0. The second-order valence-electron chi connectivity index (χ2n) is 6.07. The van der Waals surface area contributed by atoms with Crippen molar-refractivity contribution in [2.75, 3.05) is 63.6 Å². The molecule has 3 rings (SSSR count). The fourth-order valence-corrected chi connectivity index (χ4v) is 3.52. The van der Waals surface area contributed by atoms with Crippen molar-refractivity contribution in [1.29, 1.82) is 0 Å². The molecule has 2 fully saturated rings. The first kappa shape index (κ1) is 17.0. The van der Waals surface area contributed by atoms with E-state index in [-0.39, 0.29) is 0 Å². The van der Waals surface area contributed by atoms with Gasteiger partial charge in [0.25, 0.3) is 0 Å². The Morgan fingerprint density at radius 3 is 2.78 bits per heavy atom. The lowest BCUT2D eigenvalue weighted by Crippen LogP contribution is -2.46. The summed E-state index contributed by atoms with van der Waals surface area (Å²) < 4.78 is 5.39. The van der Waals surface area contributed by atoms with Crippen LogP contribution in [0.25, 0.3) is 0 Å². The number of aromatic nitrogens is 2. The van der Waals surface area contributed by atoms with Gasteiger partial charge in [0.05, 0.1) is 13.2 Å². The molecule has 0 bridgehead atoms. The van der Waals surface area contributed by atoms with Gasteiger partial charge in [-0.3, -0.25) is 4.90 Å². The maximum atomic E-state index is 5.39. The molecule has 1 N–H and O–H groups in total. The smallest absolute Gasteiger partial charge is 0.189 e. The molecule has 7 heteroatoms. The van der Waals surface area contributed by atoms with Crippen LogP contribution in [0.5, 0.6) is 0 Å². The molecule has 0 radical (unpaired) electrons. The highest BCUT2D eigenvalue weighted by Gasteiger charge is 2.20. The van der Waals surface area contributed by atoms with Crippen LogP contribution in [0.15, 0.2) is 17.4 Å². The molecule has 0 unspecified atom stereocenters. The first-order valence-corrected chi connectivity index (χ1v) is 9.73. The van der Waals surface area contributed by atoms with Gasteiger partial charge < -0.3 is 15.0 Å². The van der Waals surface area contributed by atoms with Gasteiger partial charge in [0.15, 0.2) is 5.16 Å². The van der Waals surface area contributed by atoms with E-state index in [0.29, 0.717) is 6.04 Å². The summed E-state index contributed by atoms with van der Waals surface area (Å²) in [5, 5.41) is 4.57. The molecule has 0 spiro atoms. The fraction of sp³-hybridized carbons (Fsp3) is 0.750. The molecular weight excluding hydrogens is 310 g/mol. The SMILES string of the molecule is CSc1nccc(N2CCC(NCCN3CCOCC3)CC2)n1. The van der Waals surface area contributed by atoms with Crippen molar-refractivity contribution < 1.29 is 4.74 Å². The van der Waals surface area contributed by atoms with E-state index in [4.69, 9.17) is 4.74 Å². The summed E-state index contributed by atoms with van der Waals surface area (Å²) in [6.45, 7) is 8.27. The monoisotopic (exact) mass is 337 g/mol. The van der Waals surface area contributed by atoms with Crippen LogP contribution in [0.2, 0.25) is 0 Å². The maximum Gasteiger partial charge on any atom is 0.189 e. The third-order valence-corrected chi connectivity index (χ3v) is 5.15. The van der Waals surface area contributed by atoms with Crippen LogP contribution >= 0.6 is 11.8 Å². The molecule has 6 nitrogen and oxygen atoms in total. The number of hydrogen-bond acceptors (Lipinski definition) is 7. The first-order chi connectivity index (χ1) is 11.3. The quantitative estimate of drug-likeness (QED) is 0.616. The summed E-state index contributed by atoms with van der Waals surface area (Å²) in [7, 11) is 0. The first-order valence-electron chi connectivity index (χ1n) is 8.50. The van der Waals surface area contributed by atoms with E-state index in [0.717, 1.165) is 63.5 Å². The second kappa shape index (κ2) is 8.82. The van der Waals surface area contributed by atoms with Crippen molar-refractivity contribution in [1.82, 2.24) is 20.2 Å². The van der Waals surface area contributed by atoms with Gasteiger partial charge in [-0.15, -0.1) is 0 Å². The van der Waals surface area contributed by atoms with Crippen LogP contribution in [0, 0.1) is 0 Å². The maximum absolute atomic E-state index is 5.39. The Hall–Kier alpha value is -0.890. The average Bonchev–Trinajstić information content (AvgIpc) is 2.63. The van der Waals surface area contributed by atoms with Gasteiger partial charge in [-0.2, -0.15) is 0 Å². The highest BCUT2D eigenvalue weighted by Crippen LogP contribution is 2.19. The molecule has 0 saturated carbocycles. The zero-order valence-electron chi connectivity index (χ0n) is 13.9. The molecule has 0 aromatic carbocycles. The van der Waals surface area contributed by atoms with Crippen LogP contribution < -0.4 is 10.2 Å². The largest absolute Gasteiger partial charge is 0.379 e. The number of thioether (sulfide) groups is 1. The molecule has 0 aliphatic carbocycles. The van der Waals surface area contributed by atoms with E-state index in [1.165, 1.54) is 12.8 Å². The van der Waals surface area contributed by atoms with Crippen molar-refractivity contribution in [3.63, 3.8) is 0 Å². The van der Waals surface area contributed by atoms with Gasteiger partial charge in [0, 0.05) is 51.5 Å². The number of morpholine rings is 1. The van der Waals surface area contributed by atoms with E-state index in [9.17, 15) is 0 Å². The van der Waals surface area contributed by atoms with E-state index in [1.54, 1.807) is 11.8 Å². The number of anilines is 1. The number of hydrogen-bond donors (Lipinski definition) is 1. The van der Waals surface area contributed by atoms with Crippen LogP contribution in [0.4, 0.5) is 5.82 Å². The van der Waals surface area contributed by atoms with Crippen LogP contribution in [-0.4, -0.2) is 79.6 Å². The molecule has 0 amide bonds. The average molecular weight is 337 g/mol. The van der Waals surface area contributed by atoms with Gasteiger partial charge in [0.2, 0.25) is 0 Å². The summed E-state index contributed by atoms with van der Waals surface area (Å²) in [6, 6.07) is 2.65. The Labute approximate surface area is 143 Å². The lowest BCUT2D eigenvalue weighted by Gasteiger charge is -2.34. The van der Waals surface area contributed by atoms with E-state index in [1.807, 2.05) is 18.5 Å². The molecule has 128 valence electrons. The number of nitrogens with zero attached hydrogens (tertiary/aromatic N) is 4. The summed E-state index contributed by atoms with van der Waals surface area (Å²) in [5.74, 6) is 1.07. The Morgan fingerprint density at radius 1 is 1.26 bits per heavy atom. The van der Waals surface area contributed by atoms with Crippen molar-refractivity contribution in [2.45, 2.75) is 24.0 Å². The highest BCUT2D eigenvalue weighted by molar-refractivity contribution is 7.98. The zero-order chi connectivity index (χ0) is 15.9. The molecular formula is C16H27N5OS. The predicted octanol–water partition coefficient (Wildman–Crippen LogP) is 1.09. The number of rotatable bonds is 6. The molecule has 1 aromatic heterocycles. The minimum atomic E-state index is 0.633. The Kier molecular flexibility index (Phi) is 6.50. The van der Waals surface area contributed by atoms with Crippen molar-refractivity contribution >= 4 is 17.6 Å². The van der Waals surface area contributed by atoms with Gasteiger partial charge in [0.1, 0.15) is 5.82 Å². The third kappa shape index (κ3) is 5.04. The van der Waals surface area contributed by atoms with Crippen molar-refractivity contribution in [3.8, 4) is 0 Å². The second-order valence-corrected chi connectivity index (χ2v) is 6.84. The van der Waals surface area contributed by atoms with E-state index >= 15 is 0 Å². The summed E-state index contributed by atoms with van der Waals surface area (Å²) in [4.78, 5) is 13.7. The molecule has 2 aliphatic heterocycles. The molecule has 3 heterocycles.